The van der Waals surface area contributed by atoms with Crippen LogP contribution >= 0.6 is 28.1 Å². The summed E-state index contributed by atoms with van der Waals surface area (Å²) in [5.74, 6) is 0.556. The van der Waals surface area contributed by atoms with Crippen molar-refractivity contribution in [3.63, 3.8) is 0 Å². The number of hydrogen-bond donors (Lipinski definition) is 2. The third-order valence-electron chi connectivity index (χ3n) is 2.42. The molecule has 18 heavy (non-hydrogen) atoms. The number of nitrogens with zero attached hydrogens (tertiary/aromatic N) is 2. The predicted molar refractivity (Wildman–Crippen MR) is 80.1 cm³/mol. The fraction of sp³-hybridized carbons (Fsp3) is 0.0833. The Bertz CT molecular complexity index is 600. The number of nitrogens with one attached hydrogen (secondary N) is 1. The minimum absolute atomic E-state index is 0.290. The molecule has 0 aliphatic carbocycles. The molecule has 0 aliphatic rings. The number of halogens is 1. The Morgan fingerprint density at radius 3 is 2.83 bits per heavy atom. The predicted octanol–water partition coefficient (Wildman–Crippen LogP) is 2.93. The van der Waals surface area contributed by atoms with Gasteiger partial charge in [-0.05, 0) is 30.7 Å². The van der Waals surface area contributed by atoms with E-state index < -0.39 is 0 Å². The van der Waals surface area contributed by atoms with Crippen LogP contribution in [0.25, 0.3) is 0 Å². The molecule has 0 saturated heterocycles. The fourth-order valence-corrected chi connectivity index (χ4v) is 1.97. The Kier molecular flexibility index (Phi) is 3.88. The zero-order valence-electron chi connectivity index (χ0n) is 9.64. The van der Waals surface area contributed by atoms with Crippen LogP contribution < -0.4 is 11.1 Å². The van der Waals surface area contributed by atoms with Crippen LogP contribution in [0.15, 0.2) is 34.9 Å². The summed E-state index contributed by atoms with van der Waals surface area (Å²) in [4.78, 5) is 0.290. The van der Waals surface area contributed by atoms with E-state index in [9.17, 15) is 0 Å². The van der Waals surface area contributed by atoms with E-state index in [0.717, 1.165) is 15.7 Å². The molecule has 6 heteroatoms. The molecule has 3 N–H and O–H groups in total. The van der Waals surface area contributed by atoms with Crippen molar-refractivity contribution in [2.45, 2.75) is 6.92 Å². The lowest BCUT2D eigenvalue weighted by Crippen LogP contribution is -2.13. The summed E-state index contributed by atoms with van der Waals surface area (Å²) in [5.41, 5.74) is 8.37. The molecule has 0 unspecified atom stereocenters. The molecule has 1 aromatic carbocycles. The first-order valence-electron chi connectivity index (χ1n) is 5.22. The van der Waals surface area contributed by atoms with Gasteiger partial charge in [-0.1, -0.05) is 34.2 Å². The minimum Gasteiger partial charge on any atom is -0.389 e. The normalized spacial score (nSPS) is 10.1. The van der Waals surface area contributed by atoms with E-state index in [-0.39, 0.29) is 0 Å². The molecular weight excluding hydrogens is 312 g/mol. The van der Waals surface area contributed by atoms with Gasteiger partial charge in [0.25, 0.3) is 0 Å². The van der Waals surface area contributed by atoms with Crippen LogP contribution in [0, 0.1) is 6.92 Å². The highest BCUT2D eigenvalue weighted by atomic mass is 79.9. The SMILES string of the molecule is Cc1ccc(Nc2nnccc2C(N)=S)cc1Br. The van der Waals surface area contributed by atoms with Crippen LogP contribution in [0.2, 0.25) is 0 Å². The average Bonchev–Trinajstić information content (AvgIpc) is 2.34. The summed E-state index contributed by atoms with van der Waals surface area (Å²) >= 11 is 8.45. The zero-order valence-corrected chi connectivity index (χ0v) is 12.0. The number of aryl methyl sites for hydroxylation is 1. The van der Waals surface area contributed by atoms with Gasteiger partial charge >= 0.3 is 0 Å². The van der Waals surface area contributed by atoms with Crippen LogP contribution in [-0.4, -0.2) is 15.2 Å². The molecule has 0 amide bonds. The number of thiocarbonyl (C=S) groups is 1. The quantitative estimate of drug-likeness (QED) is 0.851. The zero-order chi connectivity index (χ0) is 13.1. The Labute approximate surface area is 119 Å². The third kappa shape index (κ3) is 2.83. The molecule has 4 nitrogen and oxygen atoms in total. The smallest absolute Gasteiger partial charge is 0.163 e. The van der Waals surface area contributed by atoms with Crippen molar-refractivity contribution in [2.75, 3.05) is 5.32 Å². The van der Waals surface area contributed by atoms with Gasteiger partial charge < -0.3 is 11.1 Å². The number of hydrogen-bond acceptors (Lipinski definition) is 4. The fourth-order valence-electron chi connectivity index (χ4n) is 1.43. The van der Waals surface area contributed by atoms with Gasteiger partial charge in [0.2, 0.25) is 0 Å². The largest absolute Gasteiger partial charge is 0.389 e. The van der Waals surface area contributed by atoms with Crippen molar-refractivity contribution >= 4 is 44.6 Å². The lowest BCUT2D eigenvalue weighted by molar-refractivity contribution is 1.03. The highest BCUT2D eigenvalue weighted by Crippen LogP contribution is 2.23. The minimum atomic E-state index is 0.290. The van der Waals surface area contributed by atoms with Gasteiger partial charge in [-0.3, -0.25) is 0 Å². The number of anilines is 2. The van der Waals surface area contributed by atoms with Crippen LogP contribution in [0.4, 0.5) is 11.5 Å². The highest BCUT2D eigenvalue weighted by molar-refractivity contribution is 9.10. The van der Waals surface area contributed by atoms with Gasteiger partial charge in [-0.2, -0.15) is 5.10 Å². The first-order valence-corrected chi connectivity index (χ1v) is 6.42. The summed E-state index contributed by atoms with van der Waals surface area (Å²) in [6.45, 7) is 2.02. The van der Waals surface area contributed by atoms with Gasteiger partial charge in [-0.15, -0.1) is 5.10 Å². The second-order valence-electron chi connectivity index (χ2n) is 3.75. The van der Waals surface area contributed by atoms with Gasteiger partial charge in [0, 0.05) is 10.2 Å². The molecule has 0 fully saturated rings. The van der Waals surface area contributed by atoms with Crippen LogP contribution in [0.1, 0.15) is 11.1 Å². The average molecular weight is 323 g/mol. The maximum absolute atomic E-state index is 5.64. The monoisotopic (exact) mass is 322 g/mol. The van der Waals surface area contributed by atoms with Gasteiger partial charge in [-0.25, -0.2) is 0 Å². The Morgan fingerprint density at radius 2 is 2.17 bits per heavy atom. The van der Waals surface area contributed by atoms with Crippen molar-refractivity contribution < 1.29 is 0 Å². The summed E-state index contributed by atoms with van der Waals surface area (Å²) in [7, 11) is 0. The highest BCUT2D eigenvalue weighted by Gasteiger charge is 2.07. The van der Waals surface area contributed by atoms with Crippen LogP contribution in [0.3, 0.4) is 0 Å². The van der Waals surface area contributed by atoms with Gasteiger partial charge in [0.05, 0.1) is 11.8 Å². The topological polar surface area (TPSA) is 63.8 Å². The van der Waals surface area contributed by atoms with Gasteiger partial charge in [0.1, 0.15) is 4.99 Å². The molecule has 2 aromatic rings. The van der Waals surface area contributed by atoms with E-state index in [0.29, 0.717) is 16.4 Å². The summed E-state index contributed by atoms with van der Waals surface area (Å²) in [5, 5.41) is 11.0. The van der Waals surface area contributed by atoms with Crippen molar-refractivity contribution in [2.24, 2.45) is 5.73 Å². The van der Waals surface area contributed by atoms with Crippen molar-refractivity contribution in [1.29, 1.82) is 0 Å². The Balaban J connectivity index is 2.34. The molecule has 0 aliphatic heterocycles. The molecule has 92 valence electrons. The van der Waals surface area contributed by atoms with E-state index in [1.165, 1.54) is 0 Å². The van der Waals surface area contributed by atoms with Gasteiger partial charge in [0.15, 0.2) is 5.82 Å². The standard InChI is InChI=1S/C12H11BrN4S/c1-7-2-3-8(6-10(7)13)16-12-9(11(14)18)4-5-15-17-12/h2-6H,1H3,(H2,14,18)(H,16,17). The molecule has 0 radical (unpaired) electrons. The van der Waals surface area contributed by atoms with E-state index >= 15 is 0 Å². The third-order valence-corrected chi connectivity index (χ3v) is 3.50. The Hall–Kier alpha value is -1.53. The summed E-state index contributed by atoms with van der Waals surface area (Å²) < 4.78 is 1.02. The summed E-state index contributed by atoms with van der Waals surface area (Å²) in [6, 6.07) is 7.66. The molecular formula is C12H11BrN4S. The lowest BCUT2D eigenvalue weighted by Gasteiger charge is -2.09. The molecule has 2 rings (SSSR count). The second kappa shape index (κ2) is 5.41. The van der Waals surface area contributed by atoms with E-state index in [1.807, 2.05) is 25.1 Å². The number of aromatic nitrogens is 2. The number of rotatable bonds is 3. The van der Waals surface area contributed by atoms with E-state index in [4.69, 9.17) is 18.0 Å². The Morgan fingerprint density at radius 1 is 1.39 bits per heavy atom. The molecule has 0 spiro atoms. The molecule has 0 saturated carbocycles. The lowest BCUT2D eigenvalue weighted by atomic mass is 10.2. The second-order valence-corrected chi connectivity index (χ2v) is 5.04. The van der Waals surface area contributed by atoms with Crippen LogP contribution in [-0.2, 0) is 0 Å². The van der Waals surface area contributed by atoms with Crippen LogP contribution in [0.5, 0.6) is 0 Å². The van der Waals surface area contributed by atoms with E-state index in [1.54, 1.807) is 12.3 Å². The van der Waals surface area contributed by atoms with Crippen molar-refractivity contribution in [3.8, 4) is 0 Å². The van der Waals surface area contributed by atoms with Crippen molar-refractivity contribution in [1.82, 2.24) is 10.2 Å². The first kappa shape index (κ1) is 12.9. The molecule has 0 atom stereocenters. The number of benzene rings is 1. The van der Waals surface area contributed by atoms with E-state index in [2.05, 4.69) is 31.4 Å². The maximum atomic E-state index is 5.64. The molecule has 0 bridgehead atoms. The first-order chi connectivity index (χ1) is 8.58. The van der Waals surface area contributed by atoms with Crippen molar-refractivity contribution in [3.05, 3.63) is 46.1 Å². The molecule has 1 aromatic heterocycles. The maximum Gasteiger partial charge on any atom is 0.163 e. The molecule has 1 heterocycles. The number of nitrogens with two attached hydrogens (primary N) is 1. The summed E-state index contributed by atoms with van der Waals surface area (Å²) in [6.07, 6.45) is 1.56.